The standard InChI is InChI=1S/C13H8BrF3N2/c14-10-3-7-12(8-4-10)19-18-11-5-1-9(2-6-11)13(15,16)17/h1-8H. The molecule has 0 spiro atoms. The van der Waals surface area contributed by atoms with Gasteiger partial charge in [0.05, 0.1) is 16.9 Å². The summed E-state index contributed by atoms with van der Waals surface area (Å²) in [5, 5.41) is 7.80. The lowest BCUT2D eigenvalue weighted by Crippen LogP contribution is -2.03. The zero-order valence-corrected chi connectivity index (χ0v) is 11.1. The van der Waals surface area contributed by atoms with Gasteiger partial charge in [-0.3, -0.25) is 0 Å². The molecule has 2 rings (SSSR count). The van der Waals surface area contributed by atoms with E-state index in [1.165, 1.54) is 12.1 Å². The Morgan fingerprint density at radius 2 is 1.16 bits per heavy atom. The van der Waals surface area contributed by atoms with E-state index in [4.69, 9.17) is 0 Å². The number of benzene rings is 2. The average molecular weight is 329 g/mol. The maximum atomic E-state index is 12.3. The predicted octanol–water partition coefficient (Wildman–Crippen LogP) is 5.88. The van der Waals surface area contributed by atoms with Crippen molar-refractivity contribution in [2.24, 2.45) is 10.2 Å². The molecule has 2 aromatic carbocycles. The van der Waals surface area contributed by atoms with E-state index in [2.05, 4.69) is 26.2 Å². The first-order chi connectivity index (χ1) is 8.95. The maximum Gasteiger partial charge on any atom is 0.416 e. The zero-order chi connectivity index (χ0) is 13.9. The quantitative estimate of drug-likeness (QED) is 0.614. The molecular formula is C13H8BrF3N2. The molecule has 0 aliphatic rings. The van der Waals surface area contributed by atoms with Crippen molar-refractivity contribution in [3.63, 3.8) is 0 Å². The molecule has 0 radical (unpaired) electrons. The van der Waals surface area contributed by atoms with Crippen LogP contribution in [0.2, 0.25) is 0 Å². The van der Waals surface area contributed by atoms with Crippen molar-refractivity contribution < 1.29 is 13.2 Å². The molecule has 0 aliphatic carbocycles. The predicted molar refractivity (Wildman–Crippen MR) is 69.8 cm³/mol. The molecule has 0 fully saturated rings. The van der Waals surface area contributed by atoms with E-state index in [0.717, 1.165) is 16.6 Å². The van der Waals surface area contributed by atoms with Crippen LogP contribution in [0.1, 0.15) is 5.56 Å². The van der Waals surface area contributed by atoms with Crippen molar-refractivity contribution in [1.29, 1.82) is 0 Å². The largest absolute Gasteiger partial charge is 0.416 e. The number of rotatable bonds is 2. The smallest absolute Gasteiger partial charge is 0.166 e. The minimum atomic E-state index is -4.33. The summed E-state index contributed by atoms with van der Waals surface area (Å²) in [6, 6.07) is 11.6. The fourth-order valence-electron chi connectivity index (χ4n) is 1.34. The fraction of sp³-hybridized carbons (Fsp3) is 0.0769. The SMILES string of the molecule is FC(F)(F)c1ccc(N=Nc2ccc(Br)cc2)cc1. The van der Waals surface area contributed by atoms with Gasteiger partial charge in [-0.05, 0) is 48.5 Å². The van der Waals surface area contributed by atoms with Gasteiger partial charge in [0.25, 0.3) is 0 Å². The van der Waals surface area contributed by atoms with Crippen molar-refractivity contribution in [2.75, 3.05) is 0 Å². The average Bonchev–Trinajstić information content (AvgIpc) is 2.37. The highest BCUT2D eigenvalue weighted by Crippen LogP contribution is 2.30. The molecule has 98 valence electrons. The number of alkyl halides is 3. The van der Waals surface area contributed by atoms with Crippen LogP contribution in [-0.4, -0.2) is 0 Å². The molecule has 6 heteroatoms. The van der Waals surface area contributed by atoms with Gasteiger partial charge in [0.1, 0.15) is 0 Å². The van der Waals surface area contributed by atoms with Crippen molar-refractivity contribution in [1.82, 2.24) is 0 Å². The van der Waals surface area contributed by atoms with Gasteiger partial charge in [0.15, 0.2) is 0 Å². The topological polar surface area (TPSA) is 24.7 Å². The van der Waals surface area contributed by atoms with Gasteiger partial charge < -0.3 is 0 Å². The summed E-state index contributed by atoms with van der Waals surface area (Å²) in [5.41, 5.74) is 0.300. The third-order valence-electron chi connectivity index (χ3n) is 2.30. The Morgan fingerprint density at radius 3 is 1.58 bits per heavy atom. The molecule has 0 aliphatic heterocycles. The second-order valence-corrected chi connectivity index (χ2v) is 4.64. The summed E-state index contributed by atoms with van der Waals surface area (Å²) >= 11 is 3.29. The Balaban J connectivity index is 2.13. The lowest BCUT2D eigenvalue weighted by molar-refractivity contribution is -0.137. The van der Waals surface area contributed by atoms with Crippen LogP contribution in [0.4, 0.5) is 24.5 Å². The number of halogens is 4. The van der Waals surface area contributed by atoms with Gasteiger partial charge in [-0.15, -0.1) is 0 Å². The number of azo groups is 1. The van der Waals surface area contributed by atoms with Crippen LogP contribution in [0.15, 0.2) is 63.2 Å². The molecule has 19 heavy (non-hydrogen) atoms. The first-order valence-electron chi connectivity index (χ1n) is 5.30. The summed E-state index contributed by atoms with van der Waals surface area (Å²) in [4.78, 5) is 0. The summed E-state index contributed by atoms with van der Waals surface area (Å²) in [7, 11) is 0. The minimum Gasteiger partial charge on any atom is -0.166 e. The maximum absolute atomic E-state index is 12.3. The fourth-order valence-corrected chi connectivity index (χ4v) is 1.60. The van der Waals surface area contributed by atoms with E-state index < -0.39 is 11.7 Å². The molecule has 2 nitrogen and oxygen atoms in total. The molecule has 0 bridgehead atoms. The number of nitrogens with zero attached hydrogens (tertiary/aromatic N) is 2. The first kappa shape index (κ1) is 13.7. The summed E-state index contributed by atoms with van der Waals surface area (Å²) in [6.45, 7) is 0. The Morgan fingerprint density at radius 1 is 0.737 bits per heavy atom. The van der Waals surface area contributed by atoms with Gasteiger partial charge in [-0.2, -0.15) is 23.4 Å². The Hall–Kier alpha value is -1.69. The summed E-state index contributed by atoms with van der Waals surface area (Å²) < 4.78 is 38.0. The van der Waals surface area contributed by atoms with Crippen LogP contribution in [0.5, 0.6) is 0 Å². The lowest BCUT2D eigenvalue weighted by atomic mass is 10.2. The number of hydrogen-bond donors (Lipinski definition) is 0. The van der Waals surface area contributed by atoms with Crippen molar-refractivity contribution in [3.8, 4) is 0 Å². The third kappa shape index (κ3) is 3.89. The van der Waals surface area contributed by atoms with Crippen LogP contribution < -0.4 is 0 Å². The van der Waals surface area contributed by atoms with Crippen LogP contribution in [-0.2, 0) is 6.18 Å². The van der Waals surface area contributed by atoms with Crippen LogP contribution in [0.25, 0.3) is 0 Å². The van der Waals surface area contributed by atoms with Gasteiger partial charge in [0.2, 0.25) is 0 Å². The van der Waals surface area contributed by atoms with Crippen LogP contribution in [0, 0.1) is 0 Å². The van der Waals surface area contributed by atoms with E-state index >= 15 is 0 Å². The molecule has 0 N–H and O–H groups in total. The van der Waals surface area contributed by atoms with Crippen LogP contribution in [0.3, 0.4) is 0 Å². The van der Waals surface area contributed by atoms with E-state index in [1.54, 1.807) is 24.3 Å². The molecule has 0 aromatic heterocycles. The van der Waals surface area contributed by atoms with E-state index in [9.17, 15) is 13.2 Å². The third-order valence-corrected chi connectivity index (χ3v) is 2.83. The highest BCUT2D eigenvalue weighted by Gasteiger charge is 2.29. The van der Waals surface area contributed by atoms with E-state index in [-0.39, 0.29) is 0 Å². The summed E-state index contributed by atoms with van der Waals surface area (Å²) in [6.07, 6.45) is -4.33. The molecule has 0 saturated carbocycles. The highest BCUT2D eigenvalue weighted by molar-refractivity contribution is 9.10. The molecule has 0 heterocycles. The molecule has 0 unspecified atom stereocenters. The summed E-state index contributed by atoms with van der Waals surface area (Å²) in [5.74, 6) is 0. The second-order valence-electron chi connectivity index (χ2n) is 3.72. The molecular weight excluding hydrogens is 321 g/mol. The number of hydrogen-bond acceptors (Lipinski definition) is 2. The molecule has 0 atom stereocenters. The Kier molecular flexibility index (Phi) is 3.99. The zero-order valence-electron chi connectivity index (χ0n) is 9.53. The minimum absolute atomic E-state index is 0.371. The normalized spacial score (nSPS) is 12.0. The van der Waals surface area contributed by atoms with Crippen LogP contribution >= 0.6 is 15.9 Å². The van der Waals surface area contributed by atoms with Gasteiger partial charge in [-0.25, -0.2) is 0 Å². The first-order valence-corrected chi connectivity index (χ1v) is 6.09. The van der Waals surface area contributed by atoms with Crippen molar-refractivity contribution in [3.05, 3.63) is 58.6 Å². The highest BCUT2D eigenvalue weighted by atomic mass is 79.9. The Bertz CT molecular complexity index is 574. The lowest BCUT2D eigenvalue weighted by Gasteiger charge is -2.05. The van der Waals surface area contributed by atoms with E-state index in [1.807, 2.05) is 0 Å². The van der Waals surface area contributed by atoms with Gasteiger partial charge in [-0.1, -0.05) is 15.9 Å². The Labute approximate surface area is 116 Å². The van der Waals surface area contributed by atoms with Gasteiger partial charge in [0, 0.05) is 4.47 Å². The second kappa shape index (κ2) is 5.52. The molecule has 2 aromatic rings. The van der Waals surface area contributed by atoms with E-state index in [0.29, 0.717) is 11.4 Å². The van der Waals surface area contributed by atoms with Gasteiger partial charge >= 0.3 is 6.18 Å². The van der Waals surface area contributed by atoms with Crippen molar-refractivity contribution in [2.45, 2.75) is 6.18 Å². The monoisotopic (exact) mass is 328 g/mol. The van der Waals surface area contributed by atoms with Crippen molar-refractivity contribution >= 4 is 27.3 Å². The molecule has 0 saturated heterocycles. The molecule has 0 amide bonds.